The maximum absolute atomic E-state index is 11.2. The zero-order valence-corrected chi connectivity index (χ0v) is 7.20. The van der Waals surface area contributed by atoms with Crippen molar-refractivity contribution in [2.45, 2.75) is 6.42 Å². The van der Waals surface area contributed by atoms with E-state index in [0.717, 1.165) is 11.1 Å². The monoisotopic (exact) mass is 190 g/mol. The molecule has 0 bridgehead atoms. The first kappa shape index (κ1) is 7.55. The maximum atomic E-state index is 11.2. The van der Waals surface area contributed by atoms with Gasteiger partial charge in [0, 0.05) is 12.0 Å². The first-order valence-corrected chi connectivity index (χ1v) is 4.27. The average Bonchev–Trinajstić information content (AvgIpc) is 2.71. The number of cyclic esters (lactones) is 2. The highest BCUT2D eigenvalue weighted by Crippen LogP contribution is 2.36. The molecule has 0 N–H and O–H groups in total. The summed E-state index contributed by atoms with van der Waals surface area (Å²) in [6.07, 6.45) is 3.59. The number of esters is 2. The molecule has 0 fully saturated rings. The number of hydrogen-bond donors (Lipinski definition) is 0. The van der Waals surface area contributed by atoms with E-state index in [-0.39, 0.29) is 11.9 Å². The van der Waals surface area contributed by atoms with Crippen LogP contribution in [-0.2, 0) is 19.1 Å². The SMILES string of the molecule is O=C1OC=C2CC3=C(C=C12)C(=O)OC3. The van der Waals surface area contributed by atoms with Crippen LogP contribution in [0, 0.1) is 0 Å². The van der Waals surface area contributed by atoms with Crippen LogP contribution in [0.1, 0.15) is 6.42 Å². The summed E-state index contributed by atoms with van der Waals surface area (Å²) in [6, 6.07) is 0. The molecular formula is C10H6O4. The molecule has 0 atom stereocenters. The van der Waals surface area contributed by atoms with E-state index in [1.54, 1.807) is 6.08 Å². The van der Waals surface area contributed by atoms with E-state index < -0.39 is 0 Å². The van der Waals surface area contributed by atoms with Gasteiger partial charge >= 0.3 is 11.9 Å². The van der Waals surface area contributed by atoms with Crippen LogP contribution in [0.15, 0.2) is 34.6 Å². The molecule has 2 heterocycles. The average molecular weight is 190 g/mol. The number of rotatable bonds is 0. The molecule has 0 radical (unpaired) electrons. The minimum Gasteiger partial charge on any atom is -0.458 e. The molecule has 0 unspecified atom stereocenters. The largest absolute Gasteiger partial charge is 0.458 e. The van der Waals surface area contributed by atoms with E-state index in [4.69, 9.17) is 9.47 Å². The number of fused-ring (bicyclic) bond motifs is 1. The summed E-state index contributed by atoms with van der Waals surface area (Å²) in [5.41, 5.74) is 2.79. The molecule has 1 aliphatic carbocycles. The molecule has 0 amide bonds. The molecule has 0 spiro atoms. The van der Waals surface area contributed by atoms with Crippen molar-refractivity contribution in [1.82, 2.24) is 0 Å². The van der Waals surface area contributed by atoms with E-state index in [9.17, 15) is 9.59 Å². The quantitative estimate of drug-likeness (QED) is 0.525. The maximum Gasteiger partial charge on any atom is 0.343 e. The van der Waals surface area contributed by atoms with E-state index in [0.29, 0.717) is 24.2 Å². The fourth-order valence-electron chi connectivity index (χ4n) is 1.81. The van der Waals surface area contributed by atoms with Gasteiger partial charge in [0.2, 0.25) is 0 Å². The highest BCUT2D eigenvalue weighted by atomic mass is 16.5. The van der Waals surface area contributed by atoms with Crippen LogP contribution < -0.4 is 0 Å². The van der Waals surface area contributed by atoms with Gasteiger partial charge in [0.25, 0.3) is 0 Å². The van der Waals surface area contributed by atoms with Crippen LogP contribution in [0.4, 0.5) is 0 Å². The third-order valence-corrected chi connectivity index (χ3v) is 2.54. The normalized spacial score (nSPS) is 23.7. The third kappa shape index (κ3) is 0.824. The fraction of sp³-hybridized carbons (Fsp3) is 0.200. The Hall–Kier alpha value is -1.84. The summed E-state index contributed by atoms with van der Waals surface area (Å²) >= 11 is 0. The van der Waals surface area contributed by atoms with Crippen LogP contribution >= 0.6 is 0 Å². The standard InChI is InChI=1S/C10H6O4/c11-9-7-2-8-6(4-14-10(8)12)1-5(7)3-13-9/h2-3H,1,4H2. The molecule has 3 aliphatic rings. The summed E-state index contributed by atoms with van der Waals surface area (Å²) in [4.78, 5) is 22.4. The van der Waals surface area contributed by atoms with Crippen LogP contribution in [0.3, 0.4) is 0 Å². The highest BCUT2D eigenvalue weighted by molar-refractivity contribution is 6.03. The summed E-state index contributed by atoms with van der Waals surface area (Å²) in [5.74, 6) is -0.725. The molecule has 70 valence electrons. The lowest BCUT2D eigenvalue weighted by atomic mass is 9.91. The van der Waals surface area contributed by atoms with Crippen LogP contribution in [0.2, 0.25) is 0 Å². The van der Waals surface area contributed by atoms with Crippen LogP contribution in [0.5, 0.6) is 0 Å². The van der Waals surface area contributed by atoms with Crippen LogP contribution in [0.25, 0.3) is 0 Å². The molecule has 0 aromatic heterocycles. The Balaban J connectivity index is 2.12. The second-order valence-corrected chi connectivity index (χ2v) is 3.38. The smallest absolute Gasteiger partial charge is 0.343 e. The van der Waals surface area contributed by atoms with E-state index in [1.807, 2.05) is 0 Å². The molecule has 4 nitrogen and oxygen atoms in total. The second-order valence-electron chi connectivity index (χ2n) is 3.38. The fourth-order valence-corrected chi connectivity index (χ4v) is 1.81. The predicted octanol–water partition coefficient (Wildman–Crippen LogP) is 0.611. The second kappa shape index (κ2) is 2.35. The molecular weight excluding hydrogens is 184 g/mol. The van der Waals surface area contributed by atoms with Crippen molar-refractivity contribution in [2.24, 2.45) is 0 Å². The molecule has 3 rings (SSSR count). The molecule has 0 saturated carbocycles. The van der Waals surface area contributed by atoms with Crippen molar-refractivity contribution in [3.8, 4) is 0 Å². The van der Waals surface area contributed by atoms with Crippen molar-refractivity contribution in [1.29, 1.82) is 0 Å². The van der Waals surface area contributed by atoms with Crippen molar-refractivity contribution in [2.75, 3.05) is 6.61 Å². The van der Waals surface area contributed by atoms with E-state index >= 15 is 0 Å². The van der Waals surface area contributed by atoms with Gasteiger partial charge in [-0.05, 0) is 11.6 Å². The molecule has 0 aromatic carbocycles. The number of carbonyl (C=O) groups excluding carboxylic acids is 2. The molecule has 2 aliphatic heterocycles. The van der Waals surface area contributed by atoms with Gasteiger partial charge in [-0.2, -0.15) is 0 Å². The summed E-state index contributed by atoms with van der Waals surface area (Å²) in [7, 11) is 0. The minimum absolute atomic E-state index is 0.337. The zero-order chi connectivity index (χ0) is 9.71. The predicted molar refractivity (Wildman–Crippen MR) is 44.9 cm³/mol. The van der Waals surface area contributed by atoms with Gasteiger partial charge in [-0.3, -0.25) is 0 Å². The van der Waals surface area contributed by atoms with E-state index in [1.165, 1.54) is 6.26 Å². The third-order valence-electron chi connectivity index (χ3n) is 2.54. The van der Waals surface area contributed by atoms with E-state index in [2.05, 4.69) is 0 Å². The van der Waals surface area contributed by atoms with Crippen molar-refractivity contribution >= 4 is 11.9 Å². The van der Waals surface area contributed by atoms with Gasteiger partial charge in [-0.1, -0.05) is 0 Å². The summed E-state index contributed by atoms with van der Waals surface area (Å²) in [6.45, 7) is 0.337. The lowest BCUT2D eigenvalue weighted by Crippen LogP contribution is -2.06. The Morgan fingerprint density at radius 1 is 1.21 bits per heavy atom. The van der Waals surface area contributed by atoms with Gasteiger partial charge < -0.3 is 9.47 Å². The minimum atomic E-state index is -0.383. The molecule has 4 heteroatoms. The number of ether oxygens (including phenoxy) is 2. The Morgan fingerprint density at radius 3 is 2.93 bits per heavy atom. The molecule has 0 saturated heterocycles. The van der Waals surface area contributed by atoms with Gasteiger partial charge in [-0.15, -0.1) is 0 Å². The Kier molecular flexibility index (Phi) is 1.27. The summed E-state index contributed by atoms with van der Waals surface area (Å²) < 4.78 is 9.62. The first-order chi connectivity index (χ1) is 6.75. The Labute approximate surface area is 79.5 Å². The lowest BCUT2D eigenvalue weighted by molar-refractivity contribution is -0.135. The number of hydrogen-bond acceptors (Lipinski definition) is 4. The molecule has 0 aromatic rings. The molecule has 14 heavy (non-hydrogen) atoms. The van der Waals surface area contributed by atoms with Gasteiger partial charge in [-0.25, -0.2) is 9.59 Å². The van der Waals surface area contributed by atoms with Gasteiger partial charge in [0.05, 0.1) is 17.4 Å². The summed E-state index contributed by atoms with van der Waals surface area (Å²) in [5, 5.41) is 0. The van der Waals surface area contributed by atoms with Crippen LogP contribution in [-0.4, -0.2) is 18.5 Å². The van der Waals surface area contributed by atoms with Crippen molar-refractivity contribution in [3.05, 3.63) is 34.6 Å². The zero-order valence-electron chi connectivity index (χ0n) is 7.20. The van der Waals surface area contributed by atoms with Crippen molar-refractivity contribution < 1.29 is 19.1 Å². The van der Waals surface area contributed by atoms with Gasteiger partial charge in [0.1, 0.15) is 6.61 Å². The lowest BCUT2D eigenvalue weighted by Gasteiger charge is -2.08. The topological polar surface area (TPSA) is 52.6 Å². The Morgan fingerprint density at radius 2 is 2.07 bits per heavy atom. The highest BCUT2D eigenvalue weighted by Gasteiger charge is 2.34. The Bertz CT molecular complexity index is 451. The van der Waals surface area contributed by atoms with Crippen molar-refractivity contribution in [3.63, 3.8) is 0 Å². The number of carbonyl (C=O) groups is 2. The van der Waals surface area contributed by atoms with Gasteiger partial charge in [0.15, 0.2) is 0 Å². The first-order valence-electron chi connectivity index (χ1n) is 4.27.